The van der Waals surface area contributed by atoms with Crippen molar-refractivity contribution >= 4 is 0 Å². The van der Waals surface area contributed by atoms with Gasteiger partial charge in [0.25, 0.3) is 0 Å². The highest BCUT2D eigenvalue weighted by Gasteiger charge is 2.44. The van der Waals surface area contributed by atoms with Crippen LogP contribution in [-0.2, 0) is 0 Å². The minimum atomic E-state index is -3.97. The minimum Gasteiger partial charge on any atom is -0.171 e. The molecule has 1 aliphatic rings. The van der Waals surface area contributed by atoms with Crippen LogP contribution in [0.15, 0.2) is 0 Å². The SMILES string of the molecule is CCCC[C@H](C1CCCC1)C(F)(F)F. The van der Waals surface area contributed by atoms with Gasteiger partial charge in [0.2, 0.25) is 0 Å². The lowest BCUT2D eigenvalue weighted by molar-refractivity contribution is -0.190. The Bertz CT molecular complexity index is 156. The Labute approximate surface area is 83.9 Å². The van der Waals surface area contributed by atoms with Crippen LogP contribution in [0.2, 0.25) is 0 Å². The molecule has 1 aliphatic carbocycles. The van der Waals surface area contributed by atoms with Crippen molar-refractivity contribution in [2.75, 3.05) is 0 Å². The van der Waals surface area contributed by atoms with Crippen LogP contribution in [0.1, 0.15) is 51.9 Å². The maximum atomic E-state index is 12.7. The fraction of sp³-hybridized carbons (Fsp3) is 1.00. The molecule has 0 heterocycles. The highest BCUT2D eigenvalue weighted by Crippen LogP contribution is 2.42. The summed E-state index contributed by atoms with van der Waals surface area (Å²) >= 11 is 0. The third-order valence-corrected chi connectivity index (χ3v) is 3.26. The van der Waals surface area contributed by atoms with Crippen LogP contribution in [0, 0.1) is 11.8 Å². The summed E-state index contributed by atoms with van der Waals surface area (Å²) in [6.07, 6.45) is 1.49. The summed E-state index contributed by atoms with van der Waals surface area (Å²) in [5.74, 6) is -1.11. The Morgan fingerprint density at radius 1 is 1.21 bits per heavy atom. The first-order valence-corrected chi connectivity index (χ1v) is 5.62. The summed E-state index contributed by atoms with van der Waals surface area (Å²) in [6, 6.07) is 0. The molecule has 3 heteroatoms. The second-order valence-electron chi connectivity index (χ2n) is 4.33. The monoisotopic (exact) mass is 208 g/mol. The second kappa shape index (κ2) is 5.04. The van der Waals surface area contributed by atoms with Gasteiger partial charge in [-0.25, -0.2) is 0 Å². The number of hydrogen-bond acceptors (Lipinski definition) is 0. The van der Waals surface area contributed by atoms with Crippen molar-refractivity contribution in [1.29, 1.82) is 0 Å². The molecular weight excluding hydrogens is 189 g/mol. The van der Waals surface area contributed by atoms with E-state index in [9.17, 15) is 13.2 Å². The Hall–Kier alpha value is -0.210. The largest absolute Gasteiger partial charge is 0.392 e. The van der Waals surface area contributed by atoms with Gasteiger partial charge in [-0.05, 0) is 25.2 Å². The van der Waals surface area contributed by atoms with E-state index in [1.54, 1.807) is 0 Å². The third kappa shape index (κ3) is 3.18. The molecule has 1 rings (SSSR count). The molecule has 0 spiro atoms. The molecular formula is C11H19F3. The lowest BCUT2D eigenvalue weighted by Crippen LogP contribution is -2.29. The Kier molecular flexibility index (Phi) is 4.27. The standard InChI is InChI=1S/C11H19F3/c1-2-3-8-10(11(12,13)14)9-6-4-5-7-9/h9-10H,2-8H2,1H3/t10-/m1/s1. The summed E-state index contributed by atoms with van der Waals surface area (Å²) in [5.41, 5.74) is 0. The minimum absolute atomic E-state index is 0.0819. The predicted octanol–water partition coefficient (Wildman–Crippen LogP) is 4.55. The van der Waals surface area contributed by atoms with Gasteiger partial charge in [0.05, 0.1) is 5.92 Å². The summed E-state index contributed by atoms with van der Waals surface area (Å²) in [4.78, 5) is 0. The summed E-state index contributed by atoms with van der Waals surface area (Å²) in [6.45, 7) is 1.95. The molecule has 0 nitrogen and oxygen atoms in total. The third-order valence-electron chi connectivity index (χ3n) is 3.26. The van der Waals surface area contributed by atoms with Gasteiger partial charge in [-0.3, -0.25) is 0 Å². The topological polar surface area (TPSA) is 0 Å². The van der Waals surface area contributed by atoms with Gasteiger partial charge in [0.1, 0.15) is 0 Å². The van der Waals surface area contributed by atoms with Crippen molar-refractivity contribution in [2.24, 2.45) is 11.8 Å². The molecule has 1 atom stereocenters. The van der Waals surface area contributed by atoms with Gasteiger partial charge in [-0.2, -0.15) is 13.2 Å². The van der Waals surface area contributed by atoms with E-state index in [2.05, 4.69) is 0 Å². The number of halogens is 3. The molecule has 0 radical (unpaired) electrons. The fourth-order valence-electron chi connectivity index (χ4n) is 2.45. The zero-order valence-corrected chi connectivity index (χ0v) is 8.74. The van der Waals surface area contributed by atoms with E-state index in [4.69, 9.17) is 0 Å². The first-order valence-electron chi connectivity index (χ1n) is 5.62. The van der Waals surface area contributed by atoms with Crippen LogP contribution >= 0.6 is 0 Å². The number of alkyl halides is 3. The molecule has 1 saturated carbocycles. The Morgan fingerprint density at radius 3 is 2.21 bits per heavy atom. The molecule has 1 fully saturated rings. The van der Waals surface area contributed by atoms with Crippen molar-refractivity contribution in [3.05, 3.63) is 0 Å². The van der Waals surface area contributed by atoms with Gasteiger partial charge in [0.15, 0.2) is 0 Å². The zero-order chi connectivity index (χ0) is 10.6. The van der Waals surface area contributed by atoms with Gasteiger partial charge in [-0.1, -0.05) is 32.6 Å². The highest BCUT2D eigenvalue weighted by molar-refractivity contribution is 4.80. The van der Waals surface area contributed by atoms with Crippen molar-refractivity contribution in [3.63, 3.8) is 0 Å². The molecule has 0 aromatic carbocycles. The molecule has 0 aliphatic heterocycles. The van der Waals surface area contributed by atoms with Gasteiger partial charge in [0, 0.05) is 0 Å². The van der Waals surface area contributed by atoms with Crippen LogP contribution in [0.5, 0.6) is 0 Å². The molecule has 0 bridgehead atoms. The van der Waals surface area contributed by atoms with Crippen LogP contribution in [0.3, 0.4) is 0 Å². The van der Waals surface area contributed by atoms with Gasteiger partial charge >= 0.3 is 6.18 Å². The molecule has 0 aromatic rings. The molecule has 0 unspecified atom stereocenters. The van der Waals surface area contributed by atoms with Crippen molar-refractivity contribution in [2.45, 2.75) is 58.0 Å². The first kappa shape index (κ1) is 11.9. The zero-order valence-electron chi connectivity index (χ0n) is 8.74. The summed E-state index contributed by atoms with van der Waals surface area (Å²) in [7, 11) is 0. The van der Waals surface area contributed by atoms with E-state index in [1.165, 1.54) is 0 Å². The lowest BCUT2D eigenvalue weighted by Gasteiger charge is -2.25. The lowest BCUT2D eigenvalue weighted by atomic mass is 9.86. The number of rotatable bonds is 4. The average molecular weight is 208 g/mol. The van der Waals surface area contributed by atoms with E-state index in [-0.39, 0.29) is 5.92 Å². The summed E-state index contributed by atoms with van der Waals surface area (Å²) < 4.78 is 38.1. The highest BCUT2D eigenvalue weighted by atomic mass is 19.4. The molecule has 0 N–H and O–H groups in total. The van der Waals surface area contributed by atoms with Crippen LogP contribution < -0.4 is 0 Å². The number of unbranched alkanes of at least 4 members (excludes halogenated alkanes) is 1. The first-order chi connectivity index (χ1) is 6.55. The van der Waals surface area contributed by atoms with E-state index in [0.717, 1.165) is 32.1 Å². The van der Waals surface area contributed by atoms with Crippen LogP contribution in [0.4, 0.5) is 13.2 Å². The van der Waals surface area contributed by atoms with Crippen molar-refractivity contribution in [3.8, 4) is 0 Å². The maximum absolute atomic E-state index is 12.7. The Balaban J connectivity index is 2.51. The summed E-state index contributed by atoms with van der Waals surface area (Å²) in [5, 5.41) is 0. The smallest absolute Gasteiger partial charge is 0.171 e. The Morgan fingerprint density at radius 2 is 1.79 bits per heavy atom. The molecule has 0 aromatic heterocycles. The van der Waals surface area contributed by atoms with Crippen LogP contribution in [-0.4, -0.2) is 6.18 Å². The maximum Gasteiger partial charge on any atom is 0.392 e. The fourth-order valence-corrected chi connectivity index (χ4v) is 2.45. The molecule has 14 heavy (non-hydrogen) atoms. The second-order valence-corrected chi connectivity index (χ2v) is 4.33. The molecule has 0 saturated heterocycles. The average Bonchev–Trinajstić information content (AvgIpc) is 2.55. The normalized spacial score (nSPS) is 21.4. The van der Waals surface area contributed by atoms with Crippen molar-refractivity contribution < 1.29 is 13.2 Å². The van der Waals surface area contributed by atoms with Gasteiger partial charge in [-0.15, -0.1) is 0 Å². The van der Waals surface area contributed by atoms with Crippen molar-refractivity contribution in [1.82, 2.24) is 0 Å². The van der Waals surface area contributed by atoms with E-state index in [1.807, 2.05) is 6.92 Å². The van der Waals surface area contributed by atoms with Gasteiger partial charge < -0.3 is 0 Å². The predicted molar refractivity (Wildman–Crippen MR) is 51.0 cm³/mol. The molecule has 0 amide bonds. The number of hydrogen-bond donors (Lipinski definition) is 0. The van der Waals surface area contributed by atoms with Crippen LogP contribution in [0.25, 0.3) is 0 Å². The van der Waals surface area contributed by atoms with E-state index in [0.29, 0.717) is 12.8 Å². The quantitative estimate of drug-likeness (QED) is 0.636. The van der Waals surface area contributed by atoms with E-state index < -0.39 is 12.1 Å². The molecule has 84 valence electrons. The van der Waals surface area contributed by atoms with E-state index >= 15 is 0 Å².